The van der Waals surface area contributed by atoms with Gasteiger partial charge in [0.15, 0.2) is 0 Å². The standard InChI is InChI=1S/C19H24ClF3N4/c20-15-9-14(21)10-16-18(15)25-17(24-16)12-27-7-5-26(6-8-27)11-13-1-3-19(22,23)4-2-13/h9-10,13H,1-8,11-12H2,(H,24,25). The molecule has 0 spiro atoms. The minimum atomic E-state index is -2.45. The molecule has 0 unspecified atom stereocenters. The van der Waals surface area contributed by atoms with Crippen molar-refractivity contribution >= 4 is 22.6 Å². The lowest BCUT2D eigenvalue weighted by atomic mass is 9.86. The normalized spacial score (nSPS) is 22.5. The lowest BCUT2D eigenvalue weighted by Crippen LogP contribution is -2.47. The molecule has 0 atom stereocenters. The summed E-state index contributed by atoms with van der Waals surface area (Å²) in [6.45, 7) is 5.26. The van der Waals surface area contributed by atoms with Gasteiger partial charge >= 0.3 is 0 Å². The molecular formula is C19H24ClF3N4. The van der Waals surface area contributed by atoms with Crippen LogP contribution >= 0.6 is 11.6 Å². The molecule has 1 N–H and O–H groups in total. The molecule has 2 aliphatic rings. The van der Waals surface area contributed by atoms with Crippen molar-refractivity contribution in [1.29, 1.82) is 0 Å². The molecule has 1 aromatic carbocycles. The van der Waals surface area contributed by atoms with Crippen LogP contribution in [0.25, 0.3) is 11.0 Å². The molecule has 148 valence electrons. The summed E-state index contributed by atoms with van der Waals surface area (Å²) in [5, 5.41) is 0.315. The van der Waals surface area contributed by atoms with Gasteiger partial charge < -0.3 is 9.88 Å². The van der Waals surface area contributed by atoms with E-state index in [-0.39, 0.29) is 18.7 Å². The van der Waals surface area contributed by atoms with Gasteiger partial charge in [-0.05, 0) is 30.9 Å². The SMILES string of the molecule is Fc1cc(Cl)c2nc(CN3CCN(CC4CCC(F)(F)CC4)CC3)[nH]c2c1. The Labute approximate surface area is 161 Å². The summed E-state index contributed by atoms with van der Waals surface area (Å²) in [6.07, 6.45) is 1.33. The lowest BCUT2D eigenvalue weighted by molar-refractivity contribution is -0.0500. The average molecular weight is 401 g/mol. The first-order valence-electron chi connectivity index (χ1n) is 9.54. The predicted molar refractivity (Wildman–Crippen MR) is 99.7 cm³/mol. The van der Waals surface area contributed by atoms with E-state index in [9.17, 15) is 13.2 Å². The molecule has 1 aliphatic heterocycles. The molecule has 2 aromatic rings. The predicted octanol–water partition coefficient (Wildman–Crippen LogP) is 4.30. The number of imidazole rings is 1. The van der Waals surface area contributed by atoms with E-state index >= 15 is 0 Å². The van der Waals surface area contributed by atoms with Crippen molar-refractivity contribution in [2.24, 2.45) is 5.92 Å². The second-order valence-electron chi connectivity index (χ2n) is 7.84. The van der Waals surface area contributed by atoms with Gasteiger partial charge in [0.25, 0.3) is 0 Å². The molecule has 2 fully saturated rings. The van der Waals surface area contributed by atoms with Crippen molar-refractivity contribution in [3.8, 4) is 0 Å². The quantitative estimate of drug-likeness (QED) is 0.831. The number of hydrogen-bond donors (Lipinski definition) is 1. The highest BCUT2D eigenvalue weighted by atomic mass is 35.5. The van der Waals surface area contributed by atoms with Crippen LogP contribution in [0.4, 0.5) is 13.2 Å². The van der Waals surface area contributed by atoms with Crippen molar-refractivity contribution in [3.63, 3.8) is 0 Å². The molecule has 27 heavy (non-hydrogen) atoms. The minimum absolute atomic E-state index is 0.0346. The molecule has 4 rings (SSSR count). The van der Waals surface area contributed by atoms with Gasteiger partial charge in [0.2, 0.25) is 5.92 Å². The Morgan fingerprint density at radius 2 is 1.78 bits per heavy atom. The Morgan fingerprint density at radius 3 is 2.48 bits per heavy atom. The van der Waals surface area contributed by atoms with Crippen molar-refractivity contribution in [3.05, 3.63) is 28.8 Å². The summed E-state index contributed by atoms with van der Waals surface area (Å²) in [5.41, 5.74) is 1.21. The number of nitrogens with one attached hydrogen (secondary N) is 1. The second-order valence-corrected chi connectivity index (χ2v) is 8.25. The number of halogens is 4. The highest BCUT2D eigenvalue weighted by Crippen LogP contribution is 2.36. The van der Waals surface area contributed by atoms with Crippen LogP contribution in [0.15, 0.2) is 12.1 Å². The Morgan fingerprint density at radius 1 is 1.11 bits per heavy atom. The van der Waals surface area contributed by atoms with Crippen LogP contribution in [-0.4, -0.2) is 58.4 Å². The zero-order chi connectivity index (χ0) is 19.0. The van der Waals surface area contributed by atoms with Crippen molar-refractivity contribution in [1.82, 2.24) is 19.8 Å². The first kappa shape index (κ1) is 19.0. The van der Waals surface area contributed by atoms with Gasteiger partial charge in [0.05, 0.1) is 17.1 Å². The zero-order valence-corrected chi connectivity index (χ0v) is 15.9. The fourth-order valence-corrected chi connectivity index (χ4v) is 4.41. The summed E-state index contributed by atoms with van der Waals surface area (Å²) in [6, 6.07) is 2.68. The number of hydrogen-bond acceptors (Lipinski definition) is 3. The van der Waals surface area contributed by atoms with Crippen LogP contribution in [0, 0.1) is 11.7 Å². The van der Waals surface area contributed by atoms with Crippen LogP contribution in [-0.2, 0) is 6.54 Å². The Balaban J connectivity index is 1.28. The van der Waals surface area contributed by atoms with Crippen LogP contribution in [0.1, 0.15) is 31.5 Å². The number of fused-ring (bicyclic) bond motifs is 1. The van der Waals surface area contributed by atoms with E-state index in [1.807, 2.05) is 0 Å². The van der Waals surface area contributed by atoms with Gasteiger partial charge in [0.1, 0.15) is 17.2 Å². The molecule has 1 aromatic heterocycles. The zero-order valence-electron chi connectivity index (χ0n) is 15.2. The summed E-state index contributed by atoms with van der Waals surface area (Å²) < 4.78 is 40.0. The lowest BCUT2D eigenvalue weighted by Gasteiger charge is -2.37. The number of H-pyrrole nitrogens is 1. The minimum Gasteiger partial charge on any atom is -0.341 e. The van der Waals surface area contributed by atoms with Crippen LogP contribution < -0.4 is 0 Å². The van der Waals surface area contributed by atoms with Crippen LogP contribution in [0.3, 0.4) is 0 Å². The average Bonchev–Trinajstić information content (AvgIpc) is 3.01. The molecule has 0 radical (unpaired) electrons. The second kappa shape index (κ2) is 7.60. The van der Waals surface area contributed by atoms with E-state index in [1.165, 1.54) is 12.1 Å². The molecule has 1 aliphatic carbocycles. The molecule has 0 amide bonds. The van der Waals surface area contributed by atoms with Gasteiger partial charge in [-0.3, -0.25) is 4.90 Å². The highest BCUT2D eigenvalue weighted by molar-refractivity contribution is 6.34. The third-order valence-corrected chi connectivity index (χ3v) is 6.03. The maximum absolute atomic E-state index is 13.5. The van der Waals surface area contributed by atoms with Crippen LogP contribution in [0.5, 0.6) is 0 Å². The molecular weight excluding hydrogens is 377 g/mol. The molecule has 2 heterocycles. The smallest absolute Gasteiger partial charge is 0.248 e. The fraction of sp³-hybridized carbons (Fsp3) is 0.632. The first-order valence-corrected chi connectivity index (χ1v) is 9.92. The largest absolute Gasteiger partial charge is 0.341 e. The number of benzene rings is 1. The summed E-state index contributed by atoms with van der Waals surface area (Å²) in [4.78, 5) is 12.3. The summed E-state index contributed by atoms with van der Waals surface area (Å²) in [7, 11) is 0. The van der Waals surface area contributed by atoms with Crippen LogP contribution in [0.2, 0.25) is 5.02 Å². The van der Waals surface area contributed by atoms with Gasteiger partial charge in [-0.15, -0.1) is 0 Å². The number of nitrogens with zero attached hydrogens (tertiary/aromatic N) is 3. The molecule has 4 nitrogen and oxygen atoms in total. The maximum Gasteiger partial charge on any atom is 0.248 e. The Kier molecular flexibility index (Phi) is 5.36. The Hall–Kier alpha value is -1.31. The van der Waals surface area contributed by atoms with Gasteiger partial charge in [-0.2, -0.15) is 0 Å². The van der Waals surface area contributed by atoms with Gasteiger partial charge in [-0.25, -0.2) is 18.2 Å². The monoisotopic (exact) mass is 400 g/mol. The van der Waals surface area contributed by atoms with E-state index in [1.54, 1.807) is 0 Å². The number of alkyl halides is 2. The van der Waals surface area contributed by atoms with E-state index in [4.69, 9.17) is 11.6 Å². The number of aromatic amines is 1. The van der Waals surface area contributed by atoms with Crippen molar-refractivity contribution < 1.29 is 13.2 Å². The number of rotatable bonds is 4. The van der Waals surface area contributed by atoms with E-state index in [2.05, 4.69) is 19.8 Å². The topological polar surface area (TPSA) is 35.2 Å². The molecule has 0 bridgehead atoms. The Bertz CT molecular complexity index is 792. The maximum atomic E-state index is 13.5. The first-order chi connectivity index (χ1) is 12.9. The molecule has 1 saturated heterocycles. The third-order valence-electron chi connectivity index (χ3n) is 5.75. The van der Waals surface area contributed by atoms with E-state index < -0.39 is 5.92 Å². The van der Waals surface area contributed by atoms with Gasteiger partial charge in [0, 0.05) is 45.6 Å². The van der Waals surface area contributed by atoms with E-state index in [0.717, 1.165) is 38.5 Å². The van der Waals surface area contributed by atoms with Crippen molar-refractivity contribution in [2.45, 2.75) is 38.2 Å². The summed E-state index contributed by atoms with van der Waals surface area (Å²) in [5.74, 6) is -1.66. The third kappa shape index (κ3) is 4.58. The number of piperazine rings is 1. The molecule has 1 saturated carbocycles. The van der Waals surface area contributed by atoms with E-state index in [0.29, 0.717) is 41.4 Å². The fourth-order valence-electron chi connectivity index (χ4n) is 4.16. The highest BCUT2D eigenvalue weighted by Gasteiger charge is 2.35. The van der Waals surface area contributed by atoms with Gasteiger partial charge in [-0.1, -0.05) is 11.6 Å². The summed E-state index contributed by atoms with van der Waals surface area (Å²) >= 11 is 6.06. The van der Waals surface area contributed by atoms with Crippen molar-refractivity contribution in [2.75, 3.05) is 32.7 Å². The molecule has 8 heteroatoms. The number of aromatic nitrogens is 2.